The molecule has 3 nitrogen and oxygen atoms in total. The summed E-state index contributed by atoms with van der Waals surface area (Å²) >= 11 is 0. The molecule has 4 heteroatoms. The van der Waals surface area contributed by atoms with Gasteiger partial charge < -0.3 is 0 Å². The predicted molar refractivity (Wildman–Crippen MR) is 87.6 cm³/mol. The second-order valence-corrected chi connectivity index (χ2v) is 7.59. The van der Waals surface area contributed by atoms with Crippen molar-refractivity contribution in [2.45, 2.75) is 38.5 Å². The summed E-state index contributed by atoms with van der Waals surface area (Å²) in [7, 11) is 0. The molecule has 3 fully saturated rings. The van der Waals surface area contributed by atoms with E-state index < -0.39 is 0 Å². The van der Waals surface area contributed by atoms with Gasteiger partial charge in [0, 0.05) is 0 Å². The molecule has 2 saturated carbocycles. The molecule has 4 atom stereocenters. The Morgan fingerprint density at radius 1 is 0.833 bits per heavy atom. The highest BCUT2D eigenvalue weighted by molar-refractivity contribution is 6.22. The Balaban J connectivity index is 1.60. The largest absolute Gasteiger partial charge is 0.274 e. The third kappa shape index (κ3) is 1.77. The van der Waals surface area contributed by atoms with Crippen LogP contribution in [-0.2, 0) is 9.59 Å². The second kappa shape index (κ2) is 5.01. The number of amides is 2. The Kier molecular flexibility index (Phi) is 3.00. The first kappa shape index (κ1) is 14.4. The van der Waals surface area contributed by atoms with Gasteiger partial charge in [0.15, 0.2) is 0 Å². The third-order valence-corrected chi connectivity index (χ3v) is 6.58. The number of hydrogen-bond donors (Lipinski definition) is 0. The van der Waals surface area contributed by atoms with E-state index in [1.165, 1.54) is 28.2 Å². The Morgan fingerprint density at radius 3 is 1.83 bits per heavy atom. The molecule has 4 aliphatic rings. The van der Waals surface area contributed by atoms with Gasteiger partial charge in [0.1, 0.15) is 5.82 Å². The van der Waals surface area contributed by atoms with Crippen molar-refractivity contribution in [1.29, 1.82) is 0 Å². The fourth-order valence-electron chi connectivity index (χ4n) is 5.74. The molecule has 1 aromatic rings. The first-order chi connectivity index (χ1) is 11.7. The van der Waals surface area contributed by atoms with Crippen molar-refractivity contribution in [3.8, 4) is 0 Å². The average molecular weight is 325 g/mol. The van der Waals surface area contributed by atoms with Crippen LogP contribution in [0.4, 0.5) is 10.1 Å². The number of anilines is 1. The number of allylic oxidation sites excluding steroid dienone is 2. The number of fused-ring (bicyclic) bond motifs is 5. The normalized spacial score (nSPS) is 34.6. The zero-order chi connectivity index (χ0) is 16.4. The van der Waals surface area contributed by atoms with Gasteiger partial charge in [-0.2, -0.15) is 0 Å². The molecule has 3 aliphatic carbocycles. The van der Waals surface area contributed by atoms with Gasteiger partial charge in [0.2, 0.25) is 11.8 Å². The van der Waals surface area contributed by atoms with Gasteiger partial charge in [-0.05, 0) is 74.6 Å². The summed E-state index contributed by atoms with van der Waals surface area (Å²) in [5.41, 5.74) is 3.52. The molecule has 2 amide bonds. The summed E-state index contributed by atoms with van der Waals surface area (Å²) < 4.78 is 13.2. The van der Waals surface area contributed by atoms with Crippen LogP contribution >= 0.6 is 0 Å². The average Bonchev–Trinajstić information content (AvgIpc) is 3.27. The minimum Gasteiger partial charge on any atom is -0.274 e. The van der Waals surface area contributed by atoms with E-state index in [1.807, 2.05) is 0 Å². The molecule has 0 spiro atoms. The molecular formula is C20H20FNO2. The number of carbonyl (C=O) groups is 2. The molecule has 24 heavy (non-hydrogen) atoms. The van der Waals surface area contributed by atoms with Crippen molar-refractivity contribution in [2.75, 3.05) is 4.90 Å². The van der Waals surface area contributed by atoms with Crippen molar-refractivity contribution in [3.05, 3.63) is 41.2 Å². The van der Waals surface area contributed by atoms with Crippen LogP contribution in [0.5, 0.6) is 0 Å². The summed E-state index contributed by atoms with van der Waals surface area (Å²) in [6.07, 6.45) is 6.55. The summed E-state index contributed by atoms with van der Waals surface area (Å²) in [4.78, 5) is 27.7. The lowest BCUT2D eigenvalue weighted by Crippen LogP contribution is -2.35. The lowest BCUT2D eigenvalue weighted by atomic mass is 9.66. The Morgan fingerprint density at radius 2 is 1.33 bits per heavy atom. The van der Waals surface area contributed by atoms with Crippen LogP contribution in [-0.4, -0.2) is 11.8 Å². The predicted octanol–water partition coefficient (Wildman–Crippen LogP) is 3.84. The Hall–Kier alpha value is -1.97. The molecule has 0 bridgehead atoms. The minimum absolute atomic E-state index is 0.0630. The van der Waals surface area contributed by atoms with Gasteiger partial charge >= 0.3 is 0 Å². The minimum atomic E-state index is -0.354. The number of carbonyl (C=O) groups excluding carboxylic acids is 2. The number of benzene rings is 1. The summed E-state index contributed by atoms with van der Waals surface area (Å²) in [6.45, 7) is 0. The lowest BCUT2D eigenvalue weighted by molar-refractivity contribution is -0.122. The summed E-state index contributed by atoms with van der Waals surface area (Å²) in [5.74, 6) is -0.326. The SMILES string of the molecule is O=C1[C@@H]2[C@@H](C(=O)N1c1ccc(F)cc1)[C@H]1CCCC1=C1CCC[C@H]12. The smallest absolute Gasteiger partial charge is 0.238 e. The fourth-order valence-corrected chi connectivity index (χ4v) is 5.74. The van der Waals surface area contributed by atoms with Gasteiger partial charge in [0.25, 0.3) is 0 Å². The van der Waals surface area contributed by atoms with Crippen molar-refractivity contribution in [3.63, 3.8) is 0 Å². The third-order valence-electron chi connectivity index (χ3n) is 6.58. The van der Waals surface area contributed by atoms with E-state index in [-0.39, 0.29) is 41.3 Å². The van der Waals surface area contributed by atoms with Crippen LogP contribution < -0.4 is 4.90 Å². The summed E-state index contributed by atoms with van der Waals surface area (Å²) in [6, 6.07) is 5.72. The maximum atomic E-state index is 13.2. The van der Waals surface area contributed by atoms with Gasteiger partial charge in [-0.3, -0.25) is 14.5 Å². The number of hydrogen-bond acceptors (Lipinski definition) is 2. The van der Waals surface area contributed by atoms with E-state index in [0.29, 0.717) is 5.69 Å². The maximum Gasteiger partial charge on any atom is 0.238 e. The molecule has 5 rings (SSSR count). The monoisotopic (exact) mass is 325 g/mol. The first-order valence-corrected chi connectivity index (χ1v) is 9.02. The fraction of sp³-hybridized carbons (Fsp3) is 0.500. The number of rotatable bonds is 1. The van der Waals surface area contributed by atoms with E-state index in [1.54, 1.807) is 12.1 Å². The molecule has 1 aromatic carbocycles. The van der Waals surface area contributed by atoms with E-state index >= 15 is 0 Å². The van der Waals surface area contributed by atoms with Crippen LogP contribution in [0.1, 0.15) is 38.5 Å². The van der Waals surface area contributed by atoms with Gasteiger partial charge in [0.05, 0.1) is 17.5 Å². The standard InChI is InChI=1S/C20H20FNO2/c21-11-7-9-12(10-8-11)22-19(23)17-15-5-1-3-13(15)14-4-2-6-16(14)18(17)20(22)24/h7-10,15-18H,1-6H2/t15-,16+,17-,18-/m0/s1. The van der Waals surface area contributed by atoms with Crippen LogP contribution in [0.25, 0.3) is 0 Å². The first-order valence-electron chi connectivity index (χ1n) is 9.02. The second-order valence-electron chi connectivity index (χ2n) is 7.59. The molecule has 0 unspecified atom stereocenters. The van der Waals surface area contributed by atoms with Crippen molar-refractivity contribution < 1.29 is 14.0 Å². The lowest BCUT2D eigenvalue weighted by Gasteiger charge is -2.34. The molecule has 124 valence electrons. The Labute approximate surface area is 140 Å². The zero-order valence-corrected chi connectivity index (χ0v) is 13.5. The quantitative estimate of drug-likeness (QED) is 0.581. The molecule has 0 aromatic heterocycles. The molecule has 1 aliphatic heterocycles. The number of halogens is 1. The molecule has 0 N–H and O–H groups in total. The van der Waals surface area contributed by atoms with E-state index in [9.17, 15) is 14.0 Å². The van der Waals surface area contributed by atoms with Crippen molar-refractivity contribution in [2.24, 2.45) is 23.7 Å². The van der Waals surface area contributed by atoms with Gasteiger partial charge in [-0.15, -0.1) is 0 Å². The Bertz CT molecular complexity index is 724. The molecule has 1 heterocycles. The topological polar surface area (TPSA) is 37.4 Å². The summed E-state index contributed by atoms with van der Waals surface area (Å²) in [5, 5.41) is 0. The van der Waals surface area contributed by atoms with Crippen molar-refractivity contribution in [1.82, 2.24) is 0 Å². The van der Waals surface area contributed by atoms with Gasteiger partial charge in [-0.25, -0.2) is 4.39 Å². The highest BCUT2D eigenvalue weighted by Crippen LogP contribution is 2.57. The number of nitrogens with zero attached hydrogens (tertiary/aromatic N) is 1. The van der Waals surface area contributed by atoms with Crippen LogP contribution in [0, 0.1) is 29.5 Å². The van der Waals surface area contributed by atoms with Crippen LogP contribution in [0.15, 0.2) is 35.4 Å². The van der Waals surface area contributed by atoms with Crippen LogP contribution in [0.3, 0.4) is 0 Å². The van der Waals surface area contributed by atoms with Crippen molar-refractivity contribution >= 4 is 17.5 Å². The molecule has 0 radical (unpaired) electrons. The van der Waals surface area contributed by atoms with E-state index in [4.69, 9.17) is 0 Å². The highest BCUT2D eigenvalue weighted by atomic mass is 19.1. The molecular weight excluding hydrogens is 305 g/mol. The van der Waals surface area contributed by atoms with E-state index in [0.717, 1.165) is 38.5 Å². The van der Waals surface area contributed by atoms with Crippen LogP contribution in [0.2, 0.25) is 0 Å². The number of imide groups is 1. The van der Waals surface area contributed by atoms with E-state index in [2.05, 4.69) is 0 Å². The highest BCUT2D eigenvalue weighted by Gasteiger charge is 2.59. The van der Waals surface area contributed by atoms with Gasteiger partial charge in [-0.1, -0.05) is 11.1 Å². The molecule has 1 saturated heterocycles. The maximum absolute atomic E-state index is 13.2. The zero-order valence-electron chi connectivity index (χ0n) is 13.5.